The van der Waals surface area contributed by atoms with E-state index in [2.05, 4.69) is 20.9 Å². The van der Waals surface area contributed by atoms with Gasteiger partial charge in [0, 0.05) is 12.6 Å². The highest BCUT2D eigenvalue weighted by Gasteiger charge is 2.11. The number of halogens is 1. The van der Waals surface area contributed by atoms with Gasteiger partial charge in [-0.1, -0.05) is 0 Å². The predicted molar refractivity (Wildman–Crippen MR) is 48.3 cm³/mol. The number of aliphatic carboxylic acids is 1. The highest BCUT2D eigenvalue weighted by atomic mass is 79.9. The summed E-state index contributed by atoms with van der Waals surface area (Å²) in [5.74, 6) is -2.23. The van der Waals surface area contributed by atoms with Gasteiger partial charge in [0.25, 0.3) is 0 Å². The molecule has 0 unspecified atom stereocenters. The average molecular weight is 244 g/mol. The van der Waals surface area contributed by atoms with Gasteiger partial charge in [0.15, 0.2) is 0 Å². The van der Waals surface area contributed by atoms with Gasteiger partial charge in [-0.15, -0.1) is 0 Å². The average Bonchev–Trinajstić information content (AvgIpc) is 2.04. The van der Waals surface area contributed by atoms with Crippen molar-refractivity contribution in [2.45, 2.75) is 6.42 Å². The van der Waals surface area contributed by atoms with Crippen molar-refractivity contribution >= 4 is 27.7 Å². The Labute approximate surface area is 82.7 Å². The number of pyridine rings is 1. The lowest BCUT2D eigenvalue weighted by Gasteiger charge is -1.96. The van der Waals surface area contributed by atoms with Crippen molar-refractivity contribution in [3.8, 4) is 0 Å². The molecule has 1 N–H and O–H groups in total. The molecule has 0 amide bonds. The Morgan fingerprint density at radius 1 is 1.54 bits per heavy atom. The van der Waals surface area contributed by atoms with Gasteiger partial charge >= 0.3 is 5.97 Å². The van der Waals surface area contributed by atoms with Crippen molar-refractivity contribution < 1.29 is 14.7 Å². The lowest BCUT2D eigenvalue weighted by molar-refractivity contribution is -0.148. The first kappa shape index (κ1) is 9.85. The van der Waals surface area contributed by atoms with Crippen LogP contribution in [0.4, 0.5) is 0 Å². The van der Waals surface area contributed by atoms with E-state index in [1.165, 1.54) is 6.20 Å². The molecule has 0 aromatic carbocycles. The van der Waals surface area contributed by atoms with Crippen molar-refractivity contribution in [3.63, 3.8) is 0 Å². The third-order valence-electron chi connectivity index (χ3n) is 1.39. The van der Waals surface area contributed by atoms with E-state index in [4.69, 9.17) is 5.11 Å². The van der Waals surface area contributed by atoms with Crippen LogP contribution in [0.1, 0.15) is 5.56 Å². The molecule has 1 aromatic heterocycles. The highest BCUT2D eigenvalue weighted by Crippen LogP contribution is 2.08. The molecule has 1 heterocycles. The maximum atomic E-state index is 10.8. The summed E-state index contributed by atoms with van der Waals surface area (Å²) in [4.78, 5) is 24.8. The zero-order chi connectivity index (χ0) is 9.84. The van der Waals surface area contributed by atoms with Crippen molar-refractivity contribution in [1.29, 1.82) is 0 Å². The summed E-state index contributed by atoms with van der Waals surface area (Å²) < 4.78 is 0.586. The number of carboxylic acid groups (broad SMARTS) is 1. The van der Waals surface area contributed by atoms with Crippen LogP contribution in [0.3, 0.4) is 0 Å². The first-order valence-corrected chi connectivity index (χ1v) is 4.25. The van der Waals surface area contributed by atoms with E-state index >= 15 is 0 Å². The predicted octanol–water partition coefficient (Wildman–Crippen LogP) is 1.04. The molecule has 13 heavy (non-hydrogen) atoms. The van der Waals surface area contributed by atoms with Crippen molar-refractivity contribution in [2.75, 3.05) is 0 Å². The Morgan fingerprint density at radius 2 is 2.23 bits per heavy atom. The van der Waals surface area contributed by atoms with Crippen LogP contribution in [0, 0.1) is 0 Å². The largest absolute Gasteiger partial charge is 0.475 e. The number of carbonyl (C=O) groups is 2. The minimum absolute atomic E-state index is 0.101. The molecule has 4 nitrogen and oxygen atoms in total. The molecular weight excluding hydrogens is 238 g/mol. The quantitative estimate of drug-likeness (QED) is 0.637. The first-order valence-electron chi connectivity index (χ1n) is 3.46. The van der Waals surface area contributed by atoms with Crippen LogP contribution in [0.5, 0.6) is 0 Å². The Bertz CT molecular complexity index is 351. The van der Waals surface area contributed by atoms with Gasteiger partial charge < -0.3 is 5.11 Å². The van der Waals surface area contributed by atoms with Gasteiger partial charge in [-0.05, 0) is 33.6 Å². The molecule has 1 rings (SSSR count). The molecule has 68 valence electrons. The standard InChI is InChI=1S/C8H6BrNO3/c9-7-4-5(1-2-10-7)3-6(11)8(12)13/h1-2,4H,3H2,(H,12,13). The minimum atomic E-state index is -1.41. The first-order chi connectivity index (χ1) is 6.09. The van der Waals surface area contributed by atoms with Crippen LogP contribution in [0.25, 0.3) is 0 Å². The molecule has 0 aliphatic heterocycles. The normalized spacial score (nSPS) is 9.62. The van der Waals surface area contributed by atoms with Gasteiger partial charge in [0.2, 0.25) is 5.78 Å². The van der Waals surface area contributed by atoms with Gasteiger partial charge in [0.05, 0.1) is 0 Å². The summed E-state index contributed by atoms with van der Waals surface area (Å²) in [5.41, 5.74) is 0.634. The second-order valence-electron chi connectivity index (χ2n) is 2.39. The number of ketones is 1. The van der Waals surface area contributed by atoms with E-state index < -0.39 is 11.8 Å². The molecule has 0 aliphatic rings. The SMILES string of the molecule is O=C(O)C(=O)Cc1ccnc(Br)c1. The molecular formula is C8H6BrNO3. The summed E-state index contributed by atoms with van der Waals surface area (Å²) in [5, 5.41) is 8.34. The van der Waals surface area contributed by atoms with E-state index in [0.29, 0.717) is 10.2 Å². The van der Waals surface area contributed by atoms with E-state index in [1.807, 2.05) is 0 Å². The third kappa shape index (κ3) is 2.95. The Morgan fingerprint density at radius 3 is 2.77 bits per heavy atom. The third-order valence-corrected chi connectivity index (χ3v) is 1.83. The van der Waals surface area contributed by atoms with Crippen molar-refractivity contribution in [3.05, 3.63) is 28.5 Å². The molecule has 5 heteroatoms. The summed E-state index contributed by atoms with van der Waals surface area (Å²) in [7, 11) is 0. The molecule has 0 radical (unpaired) electrons. The van der Waals surface area contributed by atoms with Gasteiger partial charge in [-0.3, -0.25) is 4.79 Å². The van der Waals surface area contributed by atoms with E-state index in [-0.39, 0.29) is 6.42 Å². The number of carbonyl (C=O) groups excluding carboxylic acids is 1. The number of nitrogens with zero attached hydrogens (tertiary/aromatic N) is 1. The van der Waals surface area contributed by atoms with Crippen LogP contribution in [0.2, 0.25) is 0 Å². The molecule has 0 aliphatic carbocycles. The number of aromatic nitrogens is 1. The Balaban J connectivity index is 2.75. The Hall–Kier alpha value is -1.23. The fraction of sp³-hybridized carbons (Fsp3) is 0.125. The number of hydrogen-bond acceptors (Lipinski definition) is 3. The number of hydrogen-bond donors (Lipinski definition) is 1. The maximum Gasteiger partial charge on any atom is 0.372 e. The van der Waals surface area contributed by atoms with Crippen LogP contribution >= 0.6 is 15.9 Å². The fourth-order valence-electron chi connectivity index (χ4n) is 0.814. The van der Waals surface area contributed by atoms with E-state index in [1.54, 1.807) is 12.1 Å². The highest BCUT2D eigenvalue weighted by molar-refractivity contribution is 9.10. The van der Waals surface area contributed by atoms with Crippen LogP contribution in [-0.2, 0) is 16.0 Å². The second-order valence-corrected chi connectivity index (χ2v) is 3.20. The number of Topliss-reactive ketones (excluding diaryl/α,β-unsaturated/α-hetero) is 1. The topological polar surface area (TPSA) is 67.3 Å². The Kier molecular flexibility index (Phi) is 3.13. The molecule has 0 saturated heterocycles. The molecule has 0 bridgehead atoms. The molecule has 0 fully saturated rings. The van der Waals surface area contributed by atoms with E-state index in [9.17, 15) is 9.59 Å². The maximum absolute atomic E-state index is 10.8. The lowest BCUT2D eigenvalue weighted by Crippen LogP contribution is -2.14. The minimum Gasteiger partial charge on any atom is -0.475 e. The summed E-state index contributed by atoms with van der Waals surface area (Å²) in [6, 6.07) is 3.21. The number of rotatable bonds is 3. The molecule has 1 aromatic rings. The second kappa shape index (κ2) is 4.13. The number of carboxylic acids is 1. The monoisotopic (exact) mass is 243 g/mol. The molecule has 0 spiro atoms. The van der Waals surface area contributed by atoms with Crippen molar-refractivity contribution in [1.82, 2.24) is 4.98 Å². The van der Waals surface area contributed by atoms with Crippen LogP contribution in [0.15, 0.2) is 22.9 Å². The van der Waals surface area contributed by atoms with Gasteiger partial charge in [0.1, 0.15) is 4.60 Å². The summed E-state index contributed by atoms with van der Waals surface area (Å²) in [6.45, 7) is 0. The molecule has 0 saturated carbocycles. The van der Waals surface area contributed by atoms with Gasteiger partial charge in [-0.25, -0.2) is 9.78 Å². The van der Waals surface area contributed by atoms with Gasteiger partial charge in [-0.2, -0.15) is 0 Å². The van der Waals surface area contributed by atoms with Crippen LogP contribution < -0.4 is 0 Å². The zero-order valence-corrected chi connectivity index (χ0v) is 8.11. The zero-order valence-electron chi connectivity index (χ0n) is 6.53. The van der Waals surface area contributed by atoms with Crippen molar-refractivity contribution in [2.24, 2.45) is 0 Å². The smallest absolute Gasteiger partial charge is 0.372 e. The lowest BCUT2D eigenvalue weighted by atomic mass is 10.1. The molecule has 0 atom stereocenters. The fourth-order valence-corrected chi connectivity index (χ4v) is 1.23. The summed E-state index contributed by atoms with van der Waals surface area (Å²) >= 11 is 3.12. The summed E-state index contributed by atoms with van der Waals surface area (Å²) in [6.07, 6.45) is 1.41. The van der Waals surface area contributed by atoms with Crippen LogP contribution in [-0.4, -0.2) is 21.8 Å². The van der Waals surface area contributed by atoms with E-state index in [0.717, 1.165) is 0 Å².